The molecule has 2 heterocycles. The molecule has 1 saturated carbocycles. The molecule has 38 heavy (non-hydrogen) atoms. The number of piperidine rings is 1. The Hall–Kier alpha value is -1.59. The first kappa shape index (κ1) is 30.9. The molecule has 3 fully saturated rings. The molecule has 10 nitrogen and oxygen atoms in total. The normalized spacial score (nSPS) is 37.8. The van der Waals surface area contributed by atoms with Crippen LogP contribution in [-0.4, -0.2) is 91.9 Å². The fourth-order valence-corrected chi connectivity index (χ4v) is 6.28. The maximum atomic E-state index is 13.4. The average molecular weight is 542 g/mol. The van der Waals surface area contributed by atoms with E-state index in [2.05, 4.69) is 0 Å². The third kappa shape index (κ3) is 6.58. The first-order chi connectivity index (χ1) is 17.9. The van der Waals surface area contributed by atoms with Gasteiger partial charge in [0, 0.05) is 12.5 Å². The van der Waals surface area contributed by atoms with E-state index >= 15 is 0 Å². The van der Waals surface area contributed by atoms with Crippen LogP contribution in [0.2, 0.25) is 0 Å². The van der Waals surface area contributed by atoms with Gasteiger partial charge in [-0.05, 0) is 76.0 Å². The first-order valence-corrected chi connectivity index (χ1v) is 14.4. The molecule has 0 aromatic heterocycles. The molecule has 4 N–H and O–H groups in total. The largest absolute Gasteiger partial charge is 0.461 e. The van der Waals surface area contributed by atoms with Crippen molar-refractivity contribution in [1.82, 2.24) is 4.90 Å². The Labute approximate surface area is 225 Å². The molecule has 10 atom stereocenters. The van der Waals surface area contributed by atoms with Crippen LogP contribution in [0.1, 0.15) is 91.9 Å². The van der Waals surface area contributed by atoms with E-state index in [1.165, 1.54) is 4.90 Å². The summed E-state index contributed by atoms with van der Waals surface area (Å²) in [5, 5.41) is 41.4. The number of Topliss-reactive ketones (excluding diaryl/α,β-unsaturated/α-hetero) is 1. The molecular weight excluding hydrogens is 494 g/mol. The second kappa shape index (κ2) is 13.2. The van der Waals surface area contributed by atoms with E-state index in [-0.39, 0.29) is 24.5 Å². The molecule has 0 bridgehead atoms. The van der Waals surface area contributed by atoms with E-state index in [1.54, 1.807) is 6.92 Å². The Morgan fingerprint density at radius 1 is 1.03 bits per heavy atom. The van der Waals surface area contributed by atoms with Gasteiger partial charge in [0.05, 0.1) is 18.3 Å². The summed E-state index contributed by atoms with van der Waals surface area (Å²) in [6.07, 6.45) is 1.57. The van der Waals surface area contributed by atoms with Crippen LogP contribution in [0.25, 0.3) is 0 Å². The van der Waals surface area contributed by atoms with Crippen molar-refractivity contribution in [3.63, 3.8) is 0 Å². The van der Waals surface area contributed by atoms with Crippen LogP contribution >= 0.6 is 0 Å². The van der Waals surface area contributed by atoms with Crippen molar-refractivity contribution in [3.05, 3.63) is 0 Å². The van der Waals surface area contributed by atoms with Crippen LogP contribution in [0.4, 0.5) is 0 Å². The molecule has 10 heteroatoms. The van der Waals surface area contributed by atoms with Crippen LogP contribution in [0, 0.1) is 17.8 Å². The summed E-state index contributed by atoms with van der Waals surface area (Å²) in [6, 6.07) is -0.928. The number of nitrogens with zero attached hydrogens (tertiary/aromatic N) is 1. The highest BCUT2D eigenvalue weighted by molar-refractivity contribution is 6.39. The number of carbonyl (C=O) groups is 3. The average Bonchev–Trinajstić information content (AvgIpc) is 2.92. The van der Waals surface area contributed by atoms with Crippen LogP contribution in [0.3, 0.4) is 0 Å². The second-order valence-corrected chi connectivity index (χ2v) is 11.6. The van der Waals surface area contributed by atoms with Crippen molar-refractivity contribution in [1.29, 1.82) is 0 Å². The lowest BCUT2D eigenvalue weighted by molar-refractivity contribution is -0.263. The van der Waals surface area contributed by atoms with E-state index in [0.717, 1.165) is 0 Å². The lowest BCUT2D eigenvalue weighted by Crippen LogP contribution is -2.60. The number of ether oxygens (including phenoxy) is 2. The van der Waals surface area contributed by atoms with E-state index in [4.69, 9.17) is 9.47 Å². The van der Waals surface area contributed by atoms with Gasteiger partial charge in [-0.3, -0.25) is 9.59 Å². The molecule has 1 amide bonds. The zero-order chi connectivity index (χ0) is 28.2. The molecular formula is C28H47NO9. The summed E-state index contributed by atoms with van der Waals surface area (Å²) in [5.41, 5.74) is 0. The minimum atomic E-state index is -2.21. The van der Waals surface area contributed by atoms with Crippen molar-refractivity contribution in [3.8, 4) is 0 Å². The number of aliphatic hydroxyl groups is 4. The molecule has 2 saturated heterocycles. The Kier molecular flexibility index (Phi) is 10.7. The van der Waals surface area contributed by atoms with Gasteiger partial charge >= 0.3 is 5.97 Å². The molecule has 3 aliphatic rings. The molecule has 0 aromatic rings. The number of likely N-dealkylation sites (tertiary alicyclic amines) is 1. The van der Waals surface area contributed by atoms with Crippen LogP contribution in [0.15, 0.2) is 0 Å². The van der Waals surface area contributed by atoms with E-state index in [0.29, 0.717) is 64.2 Å². The third-order valence-corrected chi connectivity index (χ3v) is 8.99. The Morgan fingerprint density at radius 3 is 2.39 bits per heavy atom. The molecule has 1 aliphatic carbocycles. The zero-order valence-corrected chi connectivity index (χ0v) is 23.3. The predicted octanol–water partition coefficient (Wildman–Crippen LogP) is 1.69. The number of rotatable bonds is 9. The predicted molar refractivity (Wildman–Crippen MR) is 138 cm³/mol. The fraction of sp³-hybridized carbons (Fsp3) is 0.893. The number of aliphatic hydroxyl groups excluding tert-OH is 3. The Bertz CT molecular complexity index is 837. The number of hydrogen-bond donors (Lipinski definition) is 4. The standard InChI is InChI=1S/C28H47NO9/c1-5-19-12-10-17(4)28(36,38-19)25(33)26(34)29-14-8-7-9-20(29)27(35)37-22(6-2)16(3)15-18-11-13-21(30)24(32)23(18)31/h16-24,30-32,36H,5-15H2,1-4H3/t16-,17-,18+,19?,20+,21-,22+,23+,24+,28-/m1/s1. The fourth-order valence-electron chi connectivity index (χ4n) is 6.28. The monoisotopic (exact) mass is 541 g/mol. The van der Waals surface area contributed by atoms with Gasteiger partial charge in [0.15, 0.2) is 0 Å². The van der Waals surface area contributed by atoms with Gasteiger partial charge in [0.2, 0.25) is 5.79 Å². The van der Waals surface area contributed by atoms with Crippen molar-refractivity contribution in [2.24, 2.45) is 17.8 Å². The summed E-state index contributed by atoms with van der Waals surface area (Å²) < 4.78 is 11.6. The molecule has 1 unspecified atom stereocenters. The van der Waals surface area contributed by atoms with Gasteiger partial charge in [-0.1, -0.05) is 27.7 Å². The summed E-state index contributed by atoms with van der Waals surface area (Å²) in [4.78, 5) is 41.2. The lowest BCUT2D eigenvalue weighted by atomic mass is 9.77. The van der Waals surface area contributed by atoms with Crippen molar-refractivity contribution in [2.75, 3.05) is 6.54 Å². The zero-order valence-electron chi connectivity index (χ0n) is 23.3. The quantitative estimate of drug-likeness (QED) is 0.252. The summed E-state index contributed by atoms with van der Waals surface area (Å²) in [5.74, 6) is -5.65. The maximum Gasteiger partial charge on any atom is 0.329 e. The van der Waals surface area contributed by atoms with E-state index in [9.17, 15) is 34.8 Å². The third-order valence-electron chi connectivity index (χ3n) is 8.99. The van der Waals surface area contributed by atoms with Crippen LogP contribution in [-0.2, 0) is 23.9 Å². The second-order valence-electron chi connectivity index (χ2n) is 11.6. The molecule has 3 rings (SSSR count). The van der Waals surface area contributed by atoms with Gasteiger partial charge in [0.1, 0.15) is 18.2 Å². The molecule has 0 aromatic carbocycles. The summed E-state index contributed by atoms with van der Waals surface area (Å²) >= 11 is 0. The highest BCUT2D eigenvalue weighted by atomic mass is 16.6. The minimum Gasteiger partial charge on any atom is -0.461 e. The lowest BCUT2D eigenvalue weighted by Gasteiger charge is -2.42. The topological polar surface area (TPSA) is 154 Å². The smallest absolute Gasteiger partial charge is 0.329 e. The van der Waals surface area contributed by atoms with Crippen LogP contribution in [0.5, 0.6) is 0 Å². The van der Waals surface area contributed by atoms with Crippen molar-refractivity contribution < 1.29 is 44.3 Å². The van der Waals surface area contributed by atoms with Gasteiger partial charge in [-0.2, -0.15) is 0 Å². The highest BCUT2D eigenvalue weighted by Gasteiger charge is 2.52. The number of ketones is 1. The van der Waals surface area contributed by atoms with Crippen molar-refractivity contribution >= 4 is 17.7 Å². The van der Waals surface area contributed by atoms with E-state index < -0.39 is 59.8 Å². The van der Waals surface area contributed by atoms with Gasteiger partial charge in [-0.25, -0.2) is 4.79 Å². The number of esters is 1. The SMILES string of the molecule is CCC1CC[C@@H](C)[C@](O)(C(=O)C(=O)N2CCCC[C@H]2C(=O)O[C@@H](CC)[C@H](C)C[C@@H]2CC[C@@H](O)[C@H](O)[C@H]2O)O1. The number of amides is 1. The summed E-state index contributed by atoms with van der Waals surface area (Å²) in [6.45, 7) is 7.61. The number of carbonyl (C=O) groups excluding carboxylic acids is 3. The Morgan fingerprint density at radius 2 is 1.74 bits per heavy atom. The summed E-state index contributed by atoms with van der Waals surface area (Å²) in [7, 11) is 0. The maximum absolute atomic E-state index is 13.4. The van der Waals surface area contributed by atoms with E-state index in [1.807, 2.05) is 20.8 Å². The Balaban J connectivity index is 1.67. The van der Waals surface area contributed by atoms with Gasteiger partial charge in [0.25, 0.3) is 11.7 Å². The van der Waals surface area contributed by atoms with Gasteiger partial charge < -0.3 is 34.8 Å². The molecule has 2 aliphatic heterocycles. The minimum absolute atomic E-state index is 0.136. The molecule has 0 spiro atoms. The van der Waals surface area contributed by atoms with Gasteiger partial charge in [-0.15, -0.1) is 0 Å². The highest BCUT2D eigenvalue weighted by Crippen LogP contribution is 2.36. The van der Waals surface area contributed by atoms with Crippen molar-refractivity contribution in [2.45, 2.75) is 134 Å². The molecule has 218 valence electrons. The molecule has 0 radical (unpaired) electrons. The number of hydrogen-bond acceptors (Lipinski definition) is 9. The first-order valence-electron chi connectivity index (χ1n) is 14.4. The van der Waals surface area contributed by atoms with Crippen LogP contribution < -0.4 is 0 Å².